The first kappa shape index (κ1) is 22.7. The van der Waals surface area contributed by atoms with Crippen molar-refractivity contribution < 1.29 is 19.2 Å². The molecule has 8 nitrogen and oxygen atoms in total. The van der Waals surface area contributed by atoms with Gasteiger partial charge in [-0.3, -0.25) is 4.68 Å². The van der Waals surface area contributed by atoms with Crippen LogP contribution in [0.4, 0.5) is 11.5 Å². The number of benzene rings is 1. The predicted octanol–water partition coefficient (Wildman–Crippen LogP) is 1.87. The van der Waals surface area contributed by atoms with Gasteiger partial charge in [0.1, 0.15) is 17.1 Å². The van der Waals surface area contributed by atoms with Crippen LogP contribution >= 0.6 is 0 Å². The zero-order valence-electron chi connectivity index (χ0n) is 19.2. The van der Waals surface area contributed by atoms with Crippen molar-refractivity contribution in [2.45, 2.75) is 13.8 Å². The van der Waals surface area contributed by atoms with E-state index in [1.165, 1.54) is 0 Å². The summed E-state index contributed by atoms with van der Waals surface area (Å²) in [6, 6.07) is 14.2. The highest BCUT2D eigenvalue weighted by atomic mass is 16.5. The molecule has 0 fully saturated rings. The summed E-state index contributed by atoms with van der Waals surface area (Å²) in [5, 5.41) is 13.4. The van der Waals surface area contributed by atoms with Crippen molar-refractivity contribution in [2.75, 3.05) is 26.1 Å². The minimum Gasteiger partial charge on any atom is -0.550 e. The number of carbonyl (C=O) groups excluding carboxylic acids is 1. The van der Waals surface area contributed by atoms with Crippen molar-refractivity contribution in [3.05, 3.63) is 71.7 Å². The highest BCUT2D eigenvalue weighted by Gasteiger charge is 2.30. The van der Waals surface area contributed by atoms with E-state index in [0.29, 0.717) is 0 Å². The van der Waals surface area contributed by atoms with Gasteiger partial charge in [-0.05, 0) is 44.2 Å². The summed E-state index contributed by atoms with van der Waals surface area (Å²) >= 11 is 0. The van der Waals surface area contributed by atoms with Crippen LogP contribution in [0, 0.1) is 6.92 Å². The molecule has 0 radical (unpaired) electrons. The summed E-state index contributed by atoms with van der Waals surface area (Å²) in [5.74, 6) is 0.745. The second-order valence-electron chi connectivity index (χ2n) is 7.48. The van der Waals surface area contributed by atoms with Gasteiger partial charge in [-0.1, -0.05) is 0 Å². The van der Waals surface area contributed by atoms with Gasteiger partial charge in [0.15, 0.2) is 12.0 Å². The first-order valence-corrected chi connectivity index (χ1v) is 10.1. The average Bonchev–Trinajstić information content (AvgIpc) is 3.25. The number of ether oxygens (including phenoxy) is 1. The maximum Gasteiger partial charge on any atom is 0.237 e. The number of nitrogens with zero attached hydrogens (tertiary/aromatic N) is 5. The van der Waals surface area contributed by atoms with Crippen molar-refractivity contribution in [1.29, 1.82) is 0 Å². The van der Waals surface area contributed by atoms with E-state index in [1.807, 2.05) is 61.9 Å². The minimum absolute atomic E-state index is 0.844. The van der Waals surface area contributed by atoms with Crippen LogP contribution in [0.3, 0.4) is 0 Å². The number of aromatic nitrogens is 3. The molecule has 3 aromatic rings. The molecule has 0 aliphatic carbocycles. The minimum atomic E-state index is -1.08. The van der Waals surface area contributed by atoms with Gasteiger partial charge in [0.05, 0.1) is 12.8 Å². The molecule has 1 aliphatic rings. The molecule has 4 rings (SSSR count). The van der Waals surface area contributed by atoms with Gasteiger partial charge in [-0.15, -0.1) is 0 Å². The lowest BCUT2D eigenvalue weighted by Crippen LogP contribution is -2.34. The van der Waals surface area contributed by atoms with Gasteiger partial charge in [0.25, 0.3) is 0 Å². The zero-order chi connectivity index (χ0) is 23.4. The normalized spacial score (nSPS) is 13.2. The number of pyridine rings is 1. The first-order chi connectivity index (χ1) is 15.2. The average molecular weight is 434 g/mol. The number of hydrogen-bond donors (Lipinski definition) is 0. The van der Waals surface area contributed by atoms with E-state index in [9.17, 15) is 0 Å². The number of hydrogen-bond acceptors (Lipinski definition) is 6. The lowest BCUT2D eigenvalue weighted by atomic mass is 10.1. The predicted molar refractivity (Wildman–Crippen MR) is 122 cm³/mol. The third-order valence-corrected chi connectivity index (χ3v) is 4.86. The van der Waals surface area contributed by atoms with E-state index in [1.54, 1.807) is 7.11 Å². The molecule has 0 unspecified atom stereocenters. The number of aliphatic carboxylic acids is 1. The van der Waals surface area contributed by atoms with Gasteiger partial charge in [-0.25, -0.2) is 4.99 Å². The fourth-order valence-corrected chi connectivity index (χ4v) is 3.60. The largest absolute Gasteiger partial charge is 0.550 e. The van der Waals surface area contributed by atoms with Gasteiger partial charge in [-0.2, -0.15) is 9.67 Å². The van der Waals surface area contributed by atoms with Gasteiger partial charge < -0.3 is 19.5 Å². The van der Waals surface area contributed by atoms with Crippen molar-refractivity contribution in [3.63, 3.8) is 0 Å². The van der Waals surface area contributed by atoms with Crippen LogP contribution in [-0.4, -0.2) is 42.7 Å². The van der Waals surface area contributed by atoms with Crippen molar-refractivity contribution in [1.82, 2.24) is 9.78 Å². The molecule has 0 amide bonds. The molecule has 3 heterocycles. The molecule has 0 N–H and O–H groups in total. The third-order valence-electron chi connectivity index (χ3n) is 4.86. The molecule has 0 saturated carbocycles. The van der Waals surface area contributed by atoms with Gasteiger partial charge in [0, 0.05) is 50.9 Å². The lowest BCUT2D eigenvalue weighted by Gasteiger charge is -2.13. The number of anilines is 1. The molecule has 0 atom stereocenters. The maximum absolute atomic E-state index is 8.89. The van der Waals surface area contributed by atoms with Crippen molar-refractivity contribution in [3.8, 4) is 5.75 Å². The molecular formula is C24H27N5O3. The van der Waals surface area contributed by atoms with E-state index in [-0.39, 0.29) is 0 Å². The fraction of sp³-hybridized carbons (Fsp3) is 0.250. The van der Waals surface area contributed by atoms with E-state index >= 15 is 0 Å². The second-order valence-corrected chi connectivity index (χ2v) is 7.48. The standard InChI is InChI=1S/C22H24N5O.C2H4O2/c1-15-21(22(25(2)3)26(4)24-15)23-18-14-20(27-13-7-6-8-19(18)27)16-9-11-17(28-5)12-10-16;1-2(3)4/h6-14H,1-5H3;1H3,(H,3,4)/q+1;/p-1. The summed E-state index contributed by atoms with van der Waals surface area (Å²) in [4.78, 5) is 16.0. The number of allylic oxidation sites excluding steroid dienone is 1. The Hall–Kier alpha value is -3.94. The first-order valence-electron chi connectivity index (χ1n) is 10.1. The number of carbonyl (C=O) groups is 1. The second kappa shape index (κ2) is 9.47. The molecule has 0 bridgehead atoms. The van der Waals surface area contributed by atoms with Crippen LogP contribution in [0.2, 0.25) is 0 Å². The molecule has 166 valence electrons. The summed E-state index contributed by atoms with van der Waals surface area (Å²) in [7, 11) is 7.64. The Morgan fingerprint density at radius 3 is 2.44 bits per heavy atom. The number of fused-ring (bicyclic) bond motifs is 1. The molecule has 8 heteroatoms. The summed E-state index contributed by atoms with van der Waals surface area (Å²) in [6.45, 7) is 2.97. The van der Waals surface area contributed by atoms with Gasteiger partial charge in [0.2, 0.25) is 11.4 Å². The number of aryl methyl sites for hydroxylation is 2. The Bertz CT molecular complexity index is 1190. The smallest absolute Gasteiger partial charge is 0.237 e. The number of carboxylic acid groups (broad SMARTS) is 1. The molecule has 2 aromatic heterocycles. The Morgan fingerprint density at radius 1 is 1.19 bits per heavy atom. The van der Waals surface area contributed by atoms with Crippen LogP contribution < -0.4 is 19.3 Å². The van der Waals surface area contributed by atoms with Crippen molar-refractivity contribution >= 4 is 28.9 Å². The number of aliphatic imine (C=N–C) groups is 1. The van der Waals surface area contributed by atoms with Crippen LogP contribution in [0.1, 0.15) is 23.9 Å². The monoisotopic (exact) mass is 433 g/mol. The third kappa shape index (κ3) is 4.69. The van der Waals surface area contributed by atoms with Crippen LogP contribution in [0.5, 0.6) is 5.75 Å². The van der Waals surface area contributed by atoms with Crippen LogP contribution in [0.15, 0.2) is 59.7 Å². The molecular weight excluding hydrogens is 406 g/mol. The maximum atomic E-state index is 8.89. The molecule has 0 spiro atoms. The Labute approximate surface area is 187 Å². The molecule has 32 heavy (non-hydrogen) atoms. The van der Waals surface area contributed by atoms with Crippen LogP contribution in [-0.2, 0) is 11.8 Å². The van der Waals surface area contributed by atoms with E-state index in [0.717, 1.165) is 52.5 Å². The van der Waals surface area contributed by atoms with E-state index in [2.05, 4.69) is 40.1 Å². The molecule has 0 saturated heterocycles. The molecule has 1 aliphatic heterocycles. The highest BCUT2D eigenvalue weighted by Crippen LogP contribution is 2.32. The Morgan fingerprint density at radius 2 is 1.84 bits per heavy atom. The summed E-state index contributed by atoms with van der Waals surface area (Å²) in [6.07, 6.45) is 4.19. The van der Waals surface area contributed by atoms with E-state index in [4.69, 9.17) is 19.6 Å². The lowest BCUT2D eigenvalue weighted by molar-refractivity contribution is -0.577. The number of carboxylic acids is 1. The highest BCUT2D eigenvalue weighted by molar-refractivity contribution is 6.13. The van der Waals surface area contributed by atoms with Gasteiger partial charge >= 0.3 is 0 Å². The SMILES string of the molecule is CC(=O)[O-].COc1ccc(C2=CC(=Nc3c(C)nn(C)c3N(C)C)c3cccc[n+]32)cc1. The number of methoxy groups -OCH3 is 1. The van der Waals surface area contributed by atoms with Crippen LogP contribution in [0.25, 0.3) is 5.70 Å². The summed E-state index contributed by atoms with van der Waals surface area (Å²) < 4.78 is 9.33. The van der Waals surface area contributed by atoms with E-state index < -0.39 is 5.97 Å². The van der Waals surface area contributed by atoms with Crippen molar-refractivity contribution in [2.24, 2.45) is 12.0 Å². The fourth-order valence-electron chi connectivity index (χ4n) is 3.60. The summed E-state index contributed by atoms with van der Waals surface area (Å²) in [5.41, 5.74) is 5.98. The molecule has 1 aromatic carbocycles. The quantitative estimate of drug-likeness (QED) is 0.587. The Balaban J connectivity index is 0.000000668. The topological polar surface area (TPSA) is 86.7 Å². The number of rotatable bonds is 4. The zero-order valence-corrected chi connectivity index (χ0v) is 19.2. The Kier molecular flexibility index (Phi) is 6.73.